The van der Waals surface area contributed by atoms with Crippen LogP contribution in [0.25, 0.3) is 33.0 Å². The van der Waals surface area contributed by atoms with Gasteiger partial charge in [-0.15, -0.1) is 0 Å². The zero-order chi connectivity index (χ0) is 17.2. The molecule has 0 nitrogen and oxygen atoms in total. The predicted octanol–water partition coefficient (Wildman–Crippen LogP) is 7.30. The van der Waals surface area contributed by atoms with E-state index in [1.54, 1.807) is 0 Å². The molecule has 0 atom stereocenters. The van der Waals surface area contributed by atoms with Gasteiger partial charge in [-0.05, 0) is 44.5 Å². The average molecular weight is 322 g/mol. The van der Waals surface area contributed by atoms with Crippen molar-refractivity contribution in [2.75, 3.05) is 0 Å². The second-order valence-electron chi connectivity index (χ2n) is 6.89. The van der Waals surface area contributed by atoms with Gasteiger partial charge in [0.2, 0.25) is 0 Å². The molecule has 0 unspecified atom stereocenters. The molecule has 0 saturated heterocycles. The van der Waals surface area contributed by atoms with Gasteiger partial charge in [0.25, 0.3) is 0 Å². The van der Waals surface area contributed by atoms with Gasteiger partial charge < -0.3 is 0 Å². The lowest BCUT2D eigenvalue weighted by Gasteiger charge is -2.13. The van der Waals surface area contributed by atoms with E-state index >= 15 is 0 Å². The molecule has 0 amide bonds. The molecule has 4 aromatic carbocycles. The summed E-state index contributed by atoms with van der Waals surface area (Å²) in [5.41, 5.74) is 6.50. The number of fused-ring (bicyclic) bond motifs is 1. The lowest BCUT2D eigenvalue weighted by molar-refractivity contribution is 0.869. The summed E-state index contributed by atoms with van der Waals surface area (Å²) in [5.74, 6) is 0.520. The highest BCUT2D eigenvalue weighted by molar-refractivity contribution is 5.97. The van der Waals surface area contributed by atoms with Gasteiger partial charge in [-0.2, -0.15) is 0 Å². The topological polar surface area (TPSA) is 0 Å². The minimum atomic E-state index is 0.520. The van der Waals surface area contributed by atoms with Crippen molar-refractivity contribution < 1.29 is 0 Å². The van der Waals surface area contributed by atoms with E-state index in [1.807, 2.05) is 0 Å². The zero-order valence-corrected chi connectivity index (χ0v) is 14.7. The standard InChI is InChI=1S/C25H22/c1-18(2)23-16-22-10-6-7-11-24(22)25(17-23)21-14-12-20(13-15-21)19-8-4-3-5-9-19/h3-18H,1-2H3. The highest BCUT2D eigenvalue weighted by Gasteiger charge is 2.09. The summed E-state index contributed by atoms with van der Waals surface area (Å²) < 4.78 is 0. The third-order valence-electron chi connectivity index (χ3n) is 4.85. The van der Waals surface area contributed by atoms with Gasteiger partial charge in [-0.1, -0.05) is 105 Å². The first-order valence-corrected chi connectivity index (χ1v) is 8.91. The van der Waals surface area contributed by atoms with Crippen LogP contribution in [0, 0.1) is 0 Å². The lowest BCUT2D eigenvalue weighted by Crippen LogP contribution is -1.90. The van der Waals surface area contributed by atoms with Crippen molar-refractivity contribution in [3.63, 3.8) is 0 Å². The summed E-state index contributed by atoms with van der Waals surface area (Å²) in [4.78, 5) is 0. The zero-order valence-electron chi connectivity index (χ0n) is 14.7. The van der Waals surface area contributed by atoms with E-state index in [0.717, 1.165) is 0 Å². The molecular weight excluding hydrogens is 300 g/mol. The number of hydrogen-bond acceptors (Lipinski definition) is 0. The molecule has 4 rings (SSSR count). The van der Waals surface area contributed by atoms with Crippen LogP contribution in [0.4, 0.5) is 0 Å². The van der Waals surface area contributed by atoms with E-state index in [4.69, 9.17) is 0 Å². The molecule has 122 valence electrons. The van der Waals surface area contributed by atoms with Crippen LogP contribution < -0.4 is 0 Å². The van der Waals surface area contributed by atoms with Gasteiger partial charge in [0.15, 0.2) is 0 Å². The summed E-state index contributed by atoms with van der Waals surface area (Å²) >= 11 is 0. The Morgan fingerprint density at radius 3 is 1.88 bits per heavy atom. The van der Waals surface area contributed by atoms with Gasteiger partial charge in [-0.3, -0.25) is 0 Å². The Morgan fingerprint density at radius 2 is 1.16 bits per heavy atom. The third-order valence-corrected chi connectivity index (χ3v) is 4.85. The van der Waals surface area contributed by atoms with Gasteiger partial charge >= 0.3 is 0 Å². The first kappa shape index (κ1) is 15.7. The van der Waals surface area contributed by atoms with Crippen molar-refractivity contribution in [3.8, 4) is 22.3 Å². The van der Waals surface area contributed by atoms with Crippen LogP contribution in [0.3, 0.4) is 0 Å². The van der Waals surface area contributed by atoms with Crippen molar-refractivity contribution in [2.24, 2.45) is 0 Å². The van der Waals surface area contributed by atoms with Crippen molar-refractivity contribution in [2.45, 2.75) is 19.8 Å². The summed E-state index contributed by atoms with van der Waals surface area (Å²) in [7, 11) is 0. The minimum absolute atomic E-state index is 0.520. The van der Waals surface area contributed by atoms with Crippen molar-refractivity contribution >= 4 is 10.8 Å². The monoisotopic (exact) mass is 322 g/mol. The first-order valence-electron chi connectivity index (χ1n) is 8.91. The van der Waals surface area contributed by atoms with Crippen LogP contribution in [0.2, 0.25) is 0 Å². The minimum Gasteiger partial charge on any atom is -0.0622 e. The Balaban J connectivity index is 1.84. The molecule has 0 aliphatic carbocycles. The molecule has 0 bridgehead atoms. The van der Waals surface area contributed by atoms with Gasteiger partial charge in [0.1, 0.15) is 0 Å². The van der Waals surface area contributed by atoms with E-state index in [9.17, 15) is 0 Å². The van der Waals surface area contributed by atoms with E-state index in [-0.39, 0.29) is 0 Å². The van der Waals surface area contributed by atoms with Crippen molar-refractivity contribution in [1.82, 2.24) is 0 Å². The Kier molecular flexibility index (Phi) is 4.11. The second kappa shape index (κ2) is 6.57. The van der Waals surface area contributed by atoms with Crippen LogP contribution >= 0.6 is 0 Å². The molecule has 4 aromatic rings. The SMILES string of the molecule is CC(C)c1cc(-c2ccc(-c3ccccc3)cc2)c2ccccc2c1. The Labute approximate surface area is 149 Å². The molecule has 0 aliphatic heterocycles. The van der Waals surface area contributed by atoms with Crippen LogP contribution in [0.1, 0.15) is 25.3 Å². The molecule has 0 fully saturated rings. The van der Waals surface area contributed by atoms with Crippen LogP contribution in [-0.4, -0.2) is 0 Å². The van der Waals surface area contributed by atoms with Gasteiger partial charge in [0, 0.05) is 0 Å². The van der Waals surface area contributed by atoms with E-state index in [0.29, 0.717) is 5.92 Å². The average Bonchev–Trinajstić information content (AvgIpc) is 2.68. The highest BCUT2D eigenvalue weighted by Crippen LogP contribution is 2.33. The smallest absolute Gasteiger partial charge is 0.0103 e. The number of rotatable bonds is 3. The number of benzene rings is 4. The molecule has 0 aliphatic rings. The third kappa shape index (κ3) is 3.08. The molecule has 25 heavy (non-hydrogen) atoms. The lowest BCUT2D eigenvalue weighted by atomic mass is 9.91. The maximum absolute atomic E-state index is 2.35. The quantitative estimate of drug-likeness (QED) is 0.371. The molecular formula is C25H22. The van der Waals surface area contributed by atoms with Crippen molar-refractivity contribution in [1.29, 1.82) is 0 Å². The van der Waals surface area contributed by atoms with E-state index in [1.165, 1.54) is 38.6 Å². The number of hydrogen-bond donors (Lipinski definition) is 0. The summed E-state index contributed by atoms with van der Waals surface area (Å²) in [5, 5.41) is 2.63. The summed E-state index contributed by atoms with van der Waals surface area (Å²) in [6, 6.07) is 32.8. The molecule has 0 aromatic heterocycles. The van der Waals surface area contributed by atoms with Gasteiger partial charge in [0.05, 0.1) is 0 Å². The first-order chi connectivity index (χ1) is 12.2. The van der Waals surface area contributed by atoms with Crippen LogP contribution in [-0.2, 0) is 0 Å². The molecule has 0 heteroatoms. The second-order valence-corrected chi connectivity index (χ2v) is 6.89. The fourth-order valence-electron chi connectivity index (χ4n) is 3.38. The predicted molar refractivity (Wildman–Crippen MR) is 109 cm³/mol. The Hall–Kier alpha value is -2.86. The molecule has 0 N–H and O–H groups in total. The molecule has 0 radical (unpaired) electrons. The van der Waals surface area contributed by atoms with Crippen LogP contribution in [0.5, 0.6) is 0 Å². The molecule has 0 spiro atoms. The van der Waals surface area contributed by atoms with E-state index < -0.39 is 0 Å². The fourth-order valence-corrected chi connectivity index (χ4v) is 3.38. The normalized spacial score (nSPS) is 11.2. The molecule has 0 saturated carbocycles. The fraction of sp³-hybridized carbons (Fsp3) is 0.120. The maximum atomic E-state index is 2.35. The molecule has 0 heterocycles. The Morgan fingerprint density at radius 1 is 0.560 bits per heavy atom. The highest BCUT2D eigenvalue weighted by atomic mass is 14.1. The van der Waals surface area contributed by atoms with Gasteiger partial charge in [-0.25, -0.2) is 0 Å². The summed E-state index contributed by atoms with van der Waals surface area (Å²) in [6.45, 7) is 4.51. The summed E-state index contributed by atoms with van der Waals surface area (Å²) in [6.07, 6.45) is 0. The largest absolute Gasteiger partial charge is 0.0622 e. The van der Waals surface area contributed by atoms with Crippen molar-refractivity contribution in [3.05, 3.63) is 96.6 Å². The van der Waals surface area contributed by atoms with Crippen LogP contribution in [0.15, 0.2) is 91.0 Å². The Bertz CT molecular complexity index is 993. The van der Waals surface area contributed by atoms with E-state index in [2.05, 4.69) is 105 Å². The maximum Gasteiger partial charge on any atom is -0.0103 e.